The summed E-state index contributed by atoms with van der Waals surface area (Å²) >= 11 is 0. The van der Waals surface area contributed by atoms with Crippen molar-refractivity contribution in [3.63, 3.8) is 0 Å². The van der Waals surface area contributed by atoms with Gasteiger partial charge in [0.25, 0.3) is 0 Å². The normalized spacial score (nSPS) is 24.7. The quantitative estimate of drug-likeness (QED) is 0.802. The van der Waals surface area contributed by atoms with Gasteiger partial charge in [0.1, 0.15) is 0 Å². The van der Waals surface area contributed by atoms with Gasteiger partial charge in [-0.2, -0.15) is 0 Å². The lowest BCUT2D eigenvalue weighted by molar-refractivity contribution is 0.0696. The minimum absolute atomic E-state index is 0.263. The maximum atomic E-state index is 11.3. The summed E-state index contributed by atoms with van der Waals surface area (Å²) in [5.41, 5.74) is 5.07. The first-order chi connectivity index (χ1) is 11.1. The molecule has 3 atom stereocenters. The Kier molecular flexibility index (Phi) is 3.22. The van der Waals surface area contributed by atoms with Crippen LogP contribution in [-0.4, -0.2) is 11.1 Å². The van der Waals surface area contributed by atoms with Crippen molar-refractivity contribution in [1.29, 1.82) is 0 Å². The predicted molar refractivity (Wildman–Crippen MR) is 90.9 cm³/mol. The number of carboxylic acids is 1. The Morgan fingerprint density at radius 3 is 2.70 bits per heavy atom. The molecular formula is C20H19NO2. The number of carboxylic acid groups (broad SMARTS) is 1. The van der Waals surface area contributed by atoms with Crippen LogP contribution in [0.4, 0.5) is 5.69 Å². The number of nitrogens with one attached hydrogen (secondary N) is 1. The highest BCUT2D eigenvalue weighted by molar-refractivity contribution is 5.89. The fourth-order valence-corrected chi connectivity index (χ4v) is 3.83. The molecule has 1 aliphatic carbocycles. The second-order valence-corrected chi connectivity index (χ2v) is 6.49. The Balaban J connectivity index is 1.77. The van der Waals surface area contributed by atoms with Gasteiger partial charge in [-0.05, 0) is 48.6 Å². The van der Waals surface area contributed by atoms with E-state index in [1.165, 1.54) is 11.1 Å². The van der Waals surface area contributed by atoms with E-state index in [9.17, 15) is 9.90 Å². The van der Waals surface area contributed by atoms with Gasteiger partial charge in [-0.1, -0.05) is 42.0 Å². The Morgan fingerprint density at radius 2 is 1.96 bits per heavy atom. The first kappa shape index (κ1) is 14.1. The van der Waals surface area contributed by atoms with Gasteiger partial charge in [0, 0.05) is 11.6 Å². The van der Waals surface area contributed by atoms with Crippen molar-refractivity contribution in [2.24, 2.45) is 5.92 Å². The summed E-state index contributed by atoms with van der Waals surface area (Å²) in [6.07, 6.45) is 5.48. The van der Waals surface area contributed by atoms with E-state index in [0.29, 0.717) is 11.5 Å². The summed E-state index contributed by atoms with van der Waals surface area (Å²) in [6, 6.07) is 14.4. The Morgan fingerprint density at radius 1 is 1.17 bits per heavy atom. The second-order valence-electron chi connectivity index (χ2n) is 6.49. The first-order valence-corrected chi connectivity index (χ1v) is 8.00. The number of rotatable bonds is 2. The minimum atomic E-state index is -0.869. The molecule has 0 saturated heterocycles. The van der Waals surface area contributed by atoms with Gasteiger partial charge in [0.05, 0.1) is 11.6 Å². The summed E-state index contributed by atoms with van der Waals surface area (Å²) in [4.78, 5) is 11.3. The van der Waals surface area contributed by atoms with Crippen LogP contribution in [-0.2, 0) is 0 Å². The molecule has 0 aromatic heterocycles. The fourth-order valence-electron chi connectivity index (χ4n) is 3.83. The third-order valence-electron chi connectivity index (χ3n) is 5.05. The van der Waals surface area contributed by atoms with Gasteiger partial charge < -0.3 is 10.4 Å². The van der Waals surface area contributed by atoms with Crippen LogP contribution in [0.5, 0.6) is 0 Å². The smallest absolute Gasteiger partial charge is 0.335 e. The predicted octanol–water partition coefficient (Wildman–Crippen LogP) is 4.52. The molecule has 116 valence electrons. The largest absolute Gasteiger partial charge is 0.478 e. The molecule has 2 aliphatic rings. The van der Waals surface area contributed by atoms with Crippen molar-refractivity contribution < 1.29 is 9.90 Å². The van der Waals surface area contributed by atoms with Gasteiger partial charge in [-0.3, -0.25) is 0 Å². The molecule has 0 bridgehead atoms. The van der Waals surface area contributed by atoms with Crippen LogP contribution in [0.2, 0.25) is 0 Å². The van der Waals surface area contributed by atoms with E-state index in [1.807, 2.05) is 12.1 Å². The molecule has 0 radical (unpaired) electrons. The third-order valence-corrected chi connectivity index (χ3v) is 5.05. The van der Waals surface area contributed by atoms with Gasteiger partial charge in [-0.15, -0.1) is 0 Å². The highest BCUT2D eigenvalue weighted by atomic mass is 16.4. The number of benzene rings is 2. The number of hydrogen-bond donors (Lipinski definition) is 2. The molecule has 1 aliphatic heterocycles. The maximum Gasteiger partial charge on any atom is 0.335 e. The van der Waals surface area contributed by atoms with Crippen LogP contribution in [0.25, 0.3) is 0 Å². The molecule has 2 N–H and O–H groups in total. The van der Waals surface area contributed by atoms with Crippen LogP contribution in [0.3, 0.4) is 0 Å². The zero-order valence-electron chi connectivity index (χ0n) is 13.0. The van der Waals surface area contributed by atoms with Crippen LogP contribution in [0, 0.1) is 12.8 Å². The van der Waals surface area contributed by atoms with Crippen molar-refractivity contribution in [1.82, 2.24) is 0 Å². The SMILES string of the molecule is Cc1ccc([C@@H]2Nc3ccc(C(=O)O)cc3[C@H]3C=CC[C@H]32)cc1. The minimum Gasteiger partial charge on any atom is -0.478 e. The van der Waals surface area contributed by atoms with E-state index < -0.39 is 5.97 Å². The molecular weight excluding hydrogens is 286 g/mol. The summed E-state index contributed by atoms with van der Waals surface area (Å²) in [6.45, 7) is 2.10. The number of aryl methyl sites for hydroxylation is 1. The summed E-state index contributed by atoms with van der Waals surface area (Å²) < 4.78 is 0. The fraction of sp³-hybridized carbons (Fsp3) is 0.250. The molecule has 3 nitrogen and oxygen atoms in total. The molecule has 23 heavy (non-hydrogen) atoms. The number of aromatic carboxylic acids is 1. The molecule has 3 heteroatoms. The van der Waals surface area contributed by atoms with Crippen molar-refractivity contribution in [3.8, 4) is 0 Å². The zero-order chi connectivity index (χ0) is 16.0. The van der Waals surface area contributed by atoms with E-state index in [1.54, 1.807) is 6.07 Å². The summed E-state index contributed by atoms with van der Waals surface area (Å²) in [5, 5.41) is 12.9. The Labute approximate surface area is 135 Å². The van der Waals surface area contributed by atoms with E-state index in [4.69, 9.17) is 0 Å². The topological polar surface area (TPSA) is 49.3 Å². The highest BCUT2D eigenvalue weighted by Gasteiger charge is 2.38. The number of carbonyl (C=O) groups is 1. The van der Waals surface area contributed by atoms with E-state index >= 15 is 0 Å². The monoisotopic (exact) mass is 305 g/mol. The number of allylic oxidation sites excluding steroid dienone is 2. The van der Waals surface area contributed by atoms with Crippen molar-refractivity contribution in [2.75, 3.05) is 5.32 Å². The Hall–Kier alpha value is -2.55. The number of fused-ring (bicyclic) bond motifs is 3. The Bertz CT molecular complexity index is 792. The molecule has 0 spiro atoms. The van der Waals surface area contributed by atoms with Crippen LogP contribution in [0.1, 0.15) is 45.4 Å². The third kappa shape index (κ3) is 2.33. The molecule has 2 aromatic carbocycles. The van der Waals surface area contributed by atoms with Gasteiger partial charge in [0.15, 0.2) is 0 Å². The molecule has 1 heterocycles. The van der Waals surface area contributed by atoms with E-state index in [0.717, 1.165) is 17.7 Å². The number of hydrogen-bond acceptors (Lipinski definition) is 2. The molecule has 0 amide bonds. The lowest BCUT2D eigenvalue weighted by Crippen LogP contribution is -2.29. The van der Waals surface area contributed by atoms with Crippen LogP contribution >= 0.6 is 0 Å². The maximum absolute atomic E-state index is 11.3. The van der Waals surface area contributed by atoms with Crippen molar-refractivity contribution >= 4 is 11.7 Å². The molecule has 2 aromatic rings. The van der Waals surface area contributed by atoms with Crippen LogP contribution < -0.4 is 5.32 Å². The van der Waals surface area contributed by atoms with Gasteiger partial charge in [0.2, 0.25) is 0 Å². The molecule has 0 fully saturated rings. The first-order valence-electron chi connectivity index (χ1n) is 8.00. The molecule has 4 rings (SSSR count). The van der Waals surface area contributed by atoms with E-state index in [2.05, 4.69) is 48.7 Å². The standard InChI is InChI=1S/C20H19NO2/c1-12-5-7-13(8-6-12)19-16-4-2-3-15(16)17-11-14(20(22)23)9-10-18(17)21-19/h2-3,5-11,15-16,19,21H,4H2,1H3,(H,22,23)/t15-,16+,19-/m0/s1. The molecule has 0 saturated carbocycles. The number of anilines is 1. The van der Waals surface area contributed by atoms with Gasteiger partial charge >= 0.3 is 5.97 Å². The van der Waals surface area contributed by atoms with Crippen LogP contribution in [0.15, 0.2) is 54.6 Å². The second kappa shape index (κ2) is 5.27. The summed E-state index contributed by atoms with van der Waals surface area (Å²) in [7, 11) is 0. The van der Waals surface area contributed by atoms with Crippen molar-refractivity contribution in [2.45, 2.75) is 25.3 Å². The van der Waals surface area contributed by atoms with E-state index in [-0.39, 0.29) is 12.0 Å². The highest BCUT2D eigenvalue weighted by Crippen LogP contribution is 2.49. The van der Waals surface area contributed by atoms with Crippen molar-refractivity contribution in [3.05, 3.63) is 76.9 Å². The lowest BCUT2D eigenvalue weighted by Gasteiger charge is -2.37. The van der Waals surface area contributed by atoms with Gasteiger partial charge in [-0.25, -0.2) is 4.79 Å². The average Bonchev–Trinajstić information content (AvgIpc) is 3.04. The molecule has 0 unspecified atom stereocenters. The zero-order valence-corrected chi connectivity index (χ0v) is 13.0. The summed E-state index contributed by atoms with van der Waals surface area (Å²) in [5.74, 6) is -0.141. The average molecular weight is 305 g/mol. The lowest BCUT2D eigenvalue weighted by atomic mass is 9.76.